The zero-order valence-electron chi connectivity index (χ0n) is 14.3. The number of carbonyl (C=O) groups excluding carboxylic acids is 2. The fraction of sp³-hybridized carbons (Fsp3) is 0.105. The third-order valence-electron chi connectivity index (χ3n) is 4.14. The highest BCUT2D eigenvalue weighted by Gasteiger charge is 2.21. The lowest BCUT2D eigenvalue weighted by Crippen LogP contribution is -2.26. The molecule has 0 unspecified atom stereocenters. The van der Waals surface area contributed by atoms with Crippen molar-refractivity contribution in [3.05, 3.63) is 60.0 Å². The average Bonchev–Trinajstić information content (AvgIpc) is 3.04. The third-order valence-corrected chi connectivity index (χ3v) is 4.14. The average molecular weight is 366 g/mol. The SMILES string of the molecule is Cn1nc(C(=O)Nc2cccc3c2OCC(=O)N3)cc1-c1ccc(F)cc1. The first-order valence-corrected chi connectivity index (χ1v) is 8.18. The van der Waals surface area contributed by atoms with Gasteiger partial charge in [-0.2, -0.15) is 5.10 Å². The Morgan fingerprint density at radius 3 is 2.81 bits per heavy atom. The van der Waals surface area contributed by atoms with Crippen molar-refractivity contribution in [1.29, 1.82) is 0 Å². The first kappa shape index (κ1) is 16.8. The predicted molar refractivity (Wildman–Crippen MR) is 97.1 cm³/mol. The highest BCUT2D eigenvalue weighted by Crippen LogP contribution is 2.35. The molecule has 1 aliphatic heterocycles. The van der Waals surface area contributed by atoms with Crippen LogP contribution in [0.2, 0.25) is 0 Å². The number of amides is 2. The number of hydrogen-bond donors (Lipinski definition) is 2. The minimum atomic E-state index is -0.423. The maximum absolute atomic E-state index is 13.1. The van der Waals surface area contributed by atoms with Gasteiger partial charge in [0, 0.05) is 7.05 Å². The van der Waals surface area contributed by atoms with E-state index < -0.39 is 5.91 Å². The normalized spacial score (nSPS) is 12.7. The number of para-hydroxylation sites is 1. The Bertz CT molecular complexity index is 1040. The molecule has 2 amide bonds. The van der Waals surface area contributed by atoms with E-state index in [0.29, 0.717) is 22.8 Å². The van der Waals surface area contributed by atoms with Crippen molar-refractivity contribution in [3.8, 4) is 17.0 Å². The number of rotatable bonds is 3. The predicted octanol–water partition coefficient (Wildman–Crippen LogP) is 2.81. The second-order valence-electron chi connectivity index (χ2n) is 6.02. The maximum atomic E-state index is 13.1. The topological polar surface area (TPSA) is 85.2 Å². The van der Waals surface area contributed by atoms with Gasteiger partial charge >= 0.3 is 0 Å². The number of ether oxygens (including phenoxy) is 1. The van der Waals surface area contributed by atoms with E-state index in [1.54, 1.807) is 48.1 Å². The number of nitrogens with one attached hydrogen (secondary N) is 2. The molecule has 0 atom stereocenters. The molecular formula is C19H15FN4O3. The molecule has 2 N–H and O–H groups in total. The maximum Gasteiger partial charge on any atom is 0.276 e. The number of hydrogen-bond acceptors (Lipinski definition) is 4. The molecule has 3 aromatic rings. The first-order chi connectivity index (χ1) is 13.0. The second kappa shape index (κ2) is 6.56. The van der Waals surface area contributed by atoms with Crippen molar-refractivity contribution < 1.29 is 18.7 Å². The lowest BCUT2D eigenvalue weighted by molar-refractivity contribution is -0.118. The second-order valence-corrected chi connectivity index (χ2v) is 6.02. The summed E-state index contributed by atoms with van der Waals surface area (Å²) in [6.07, 6.45) is 0. The number of nitrogens with zero attached hydrogens (tertiary/aromatic N) is 2. The van der Waals surface area contributed by atoms with E-state index in [0.717, 1.165) is 5.56 Å². The molecule has 0 fully saturated rings. The summed E-state index contributed by atoms with van der Waals surface area (Å²) in [5.41, 5.74) is 2.56. The molecule has 1 aromatic heterocycles. The Kier molecular flexibility index (Phi) is 4.08. The Balaban J connectivity index is 1.60. The Hall–Kier alpha value is -3.68. The summed E-state index contributed by atoms with van der Waals surface area (Å²) in [6, 6.07) is 12.6. The number of fused-ring (bicyclic) bond motifs is 1. The quantitative estimate of drug-likeness (QED) is 0.746. The first-order valence-electron chi connectivity index (χ1n) is 8.18. The zero-order valence-corrected chi connectivity index (χ0v) is 14.3. The monoisotopic (exact) mass is 366 g/mol. The molecule has 2 heterocycles. The van der Waals surface area contributed by atoms with Crippen LogP contribution in [0.5, 0.6) is 5.75 Å². The molecule has 2 aromatic carbocycles. The summed E-state index contributed by atoms with van der Waals surface area (Å²) in [4.78, 5) is 24.0. The summed E-state index contributed by atoms with van der Waals surface area (Å²) >= 11 is 0. The van der Waals surface area contributed by atoms with Crippen molar-refractivity contribution in [2.45, 2.75) is 0 Å². The van der Waals surface area contributed by atoms with Crippen LogP contribution in [0.4, 0.5) is 15.8 Å². The minimum absolute atomic E-state index is 0.113. The van der Waals surface area contributed by atoms with E-state index in [4.69, 9.17) is 4.74 Å². The minimum Gasteiger partial charge on any atom is -0.479 e. The van der Waals surface area contributed by atoms with Gasteiger partial charge in [0.05, 0.1) is 17.1 Å². The lowest BCUT2D eigenvalue weighted by Gasteiger charge is -2.20. The van der Waals surface area contributed by atoms with Crippen molar-refractivity contribution >= 4 is 23.2 Å². The lowest BCUT2D eigenvalue weighted by atomic mass is 10.1. The van der Waals surface area contributed by atoms with Gasteiger partial charge in [-0.1, -0.05) is 6.07 Å². The van der Waals surface area contributed by atoms with E-state index in [-0.39, 0.29) is 24.0 Å². The van der Waals surface area contributed by atoms with Crippen LogP contribution in [0.1, 0.15) is 10.5 Å². The molecular weight excluding hydrogens is 351 g/mol. The summed E-state index contributed by atoms with van der Waals surface area (Å²) < 4.78 is 20.1. The Morgan fingerprint density at radius 1 is 1.26 bits per heavy atom. The Morgan fingerprint density at radius 2 is 2.04 bits per heavy atom. The summed E-state index contributed by atoms with van der Waals surface area (Å²) in [5.74, 6) is -0.604. The van der Waals surface area contributed by atoms with E-state index in [1.807, 2.05) is 0 Å². The molecule has 0 spiro atoms. The molecule has 0 bridgehead atoms. The number of aromatic nitrogens is 2. The number of carbonyl (C=O) groups is 2. The van der Waals surface area contributed by atoms with Crippen molar-refractivity contribution in [2.75, 3.05) is 17.2 Å². The molecule has 0 saturated carbocycles. The molecule has 0 saturated heterocycles. The van der Waals surface area contributed by atoms with Gasteiger partial charge in [0.15, 0.2) is 18.1 Å². The third kappa shape index (κ3) is 3.24. The van der Waals surface area contributed by atoms with Crippen LogP contribution in [0.3, 0.4) is 0 Å². The van der Waals surface area contributed by atoms with Gasteiger partial charge in [0.2, 0.25) is 0 Å². The van der Waals surface area contributed by atoms with E-state index in [2.05, 4.69) is 15.7 Å². The van der Waals surface area contributed by atoms with Crippen molar-refractivity contribution in [1.82, 2.24) is 9.78 Å². The van der Waals surface area contributed by atoms with E-state index in [9.17, 15) is 14.0 Å². The van der Waals surface area contributed by atoms with Crippen LogP contribution in [0.15, 0.2) is 48.5 Å². The van der Waals surface area contributed by atoms with Crippen LogP contribution in [0.25, 0.3) is 11.3 Å². The van der Waals surface area contributed by atoms with Crippen LogP contribution < -0.4 is 15.4 Å². The van der Waals surface area contributed by atoms with E-state index in [1.165, 1.54) is 12.1 Å². The molecule has 0 radical (unpaired) electrons. The van der Waals surface area contributed by atoms with Crippen LogP contribution in [-0.4, -0.2) is 28.2 Å². The van der Waals surface area contributed by atoms with Gasteiger partial charge in [0.1, 0.15) is 5.82 Å². The van der Waals surface area contributed by atoms with Gasteiger partial charge in [-0.3, -0.25) is 14.3 Å². The largest absolute Gasteiger partial charge is 0.479 e. The summed E-state index contributed by atoms with van der Waals surface area (Å²) in [6.45, 7) is -0.113. The van der Waals surface area contributed by atoms with Gasteiger partial charge < -0.3 is 15.4 Å². The number of halogens is 1. The molecule has 1 aliphatic rings. The summed E-state index contributed by atoms with van der Waals surface area (Å²) in [7, 11) is 1.71. The molecule has 27 heavy (non-hydrogen) atoms. The highest BCUT2D eigenvalue weighted by atomic mass is 19.1. The number of benzene rings is 2. The molecule has 136 valence electrons. The van der Waals surface area contributed by atoms with Gasteiger partial charge in [0.25, 0.3) is 11.8 Å². The molecule has 0 aliphatic carbocycles. The molecule has 4 rings (SSSR count). The fourth-order valence-corrected chi connectivity index (χ4v) is 2.87. The molecule has 7 nitrogen and oxygen atoms in total. The van der Waals surface area contributed by atoms with Crippen LogP contribution in [0, 0.1) is 5.82 Å². The van der Waals surface area contributed by atoms with E-state index >= 15 is 0 Å². The van der Waals surface area contributed by atoms with Crippen LogP contribution in [-0.2, 0) is 11.8 Å². The van der Waals surface area contributed by atoms with Crippen molar-refractivity contribution in [2.24, 2.45) is 7.05 Å². The van der Waals surface area contributed by atoms with Gasteiger partial charge in [-0.05, 0) is 48.0 Å². The van der Waals surface area contributed by atoms with Gasteiger partial charge in [-0.25, -0.2) is 4.39 Å². The smallest absolute Gasteiger partial charge is 0.276 e. The van der Waals surface area contributed by atoms with Crippen LogP contribution >= 0.6 is 0 Å². The van der Waals surface area contributed by atoms with Crippen molar-refractivity contribution in [3.63, 3.8) is 0 Å². The highest BCUT2D eigenvalue weighted by molar-refractivity contribution is 6.06. The zero-order chi connectivity index (χ0) is 19.0. The number of anilines is 2. The standard InChI is InChI=1S/C19H15FN4O3/c1-24-16(11-5-7-12(20)8-6-11)9-15(23-24)19(26)22-14-4-2-3-13-18(14)27-10-17(25)21-13/h2-9H,10H2,1H3,(H,21,25)(H,22,26). The summed E-state index contributed by atoms with van der Waals surface area (Å²) in [5, 5.41) is 9.67. The fourth-order valence-electron chi connectivity index (χ4n) is 2.87. The number of aryl methyl sites for hydroxylation is 1. The van der Waals surface area contributed by atoms with Gasteiger partial charge in [-0.15, -0.1) is 0 Å². The molecule has 8 heteroatoms. The Labute approximate surface area is 153 Å².